The standard InChI is InChI=1S/C15H18ClNO4/c1-10(18)12-3-4-14(13(16)9-12)21-11(2)15(19)17-5-7-20-8-6-17/h3-4,9,11H,5-8H2,1-2H3. The van der Waals surface area contributed by atoms with Crippen LogP contribution in [-0.4, -0.2) is 49.0 Å². The predicted molar refractivity (Wildman–Crippen MR) is 78.9 cm³/mol. The number of hydrogen-bond acceptors (Lipinski definition) is 4. The van der Waals surface area contributed by atoms with Crippen molar-refractivity contribution in [3.8, 4) is 5.75 Å². The molecule has 1 aromatic carbocycles. The van der Waals surface area contributed by atoms with Gasteiger partial charge in [0.05, 0.1) is 18.2 Å². The molecule has 1 heterocycles. The van der Waals surface area contributed by atoms with Gasteiger partial charge in [0.25, 0.3) is 5.91 Å². The van der Waals surface area contributed by atoms with Crippen molar-refractivity contribution in [1.82, 2.24) is 4.90 Å². The van der Waals surface area contributed by atoms with Crippen LogP contribution in [0.25, 0.3) is 0 Å². The van der Waals surface area contributed by atoms with Gasteiger partial charge in [-0.3, -0.25) is 9.59 Å². The summed E-state index contributed by atoms with van der Waals surface area (Å²) in [5.41, 5.74) is 0.513. The van der Waals surface area contributed by atoms with E-state index in [2.05, 4.69) is 0 Å². The number of carbonyl (C=O) groups is 2. The summed E-state index contributed by atoms with van der Waals surface area (Å²) in [7, 11) is 0. The Morgan fingerprint density at radius 3 is 2.57 bits per heavy atom. The fourth-order valence-corrected chi connectivity index (χ4v) is 2.32. The van der Waals surface area contributed by atoms with Crippen LogP contribution in [0.2, 0.25) is 5.02 Å². The lowest BCUT2D eigenvalue weighted by atomic mass is 10.1. The van der Waals surface area contributed by atoms with E-state index in [0.29, 0.717) is 42.6 Å². The number of ether oxygens (including phenoxy) is 2. The minimum Gasteiger partial charge on any atom is -0.479 e. The Kier molecular flexibility index (Phi) is 5.20. The van der Waals surface area contributed by atoms with Crippen LogP contribution in [0.4, 0.5) is 0 Å². The maximum Gasteiger partial charge on any atom is 0.263 e. The molecule has 2 rings (SSSR count). The number of morpholine rings is 1. The van der Waals surface area contributed by atoms with Crippen molar-refractivity contribution in [3.05, 3.63) is 28.8 Å². The van der Waals surface area contributed by atoms with Crippen molar-refractivity contribution in [2.45, 2.75) is 20.0 Å². The zero-order chi connectivity index (χ0) is 15.4. The highest BCUT2D eigenvalue weighted by Crippen LogP contribution is 2.27. The van der Waals surface area contributed by atoms with E-state index in [4.69, 9.17) is 21.1 Å². The van der Waals surface area contributed by atoms with Crippen LogP contribution in [-0.2, 0) is 9.53 Å². The first-order chi connectivity index (χ1) is 9.99. The Labute approximate surface area is 128 Å². The van der Waals surface area contributed by atoms with E-state index >= 15 is 0 Å². The molecule has 5 nitrogen and oxygen atoms in total. The normalized spacial score (nSPS) is 16.4. The van der Waals surface area contributed by atoms with Gasteiger partial charge in [-0.2, -0.15) is 0 Å². The summed E-state index contributed by atoms with van der Waals surface area (Å²) in [6.45, 7) is 5.40. The molecule has 1 unspecified atom stereocenters. The predicted octanol–water partition coefficient (Wildman–Crippen LogP) is 2.17. The fraction of sp³-hybridized carbons (Fsp3) is 0.467. The lowest BCUT2D eigenvalue weighted by Gasteiger charge is -2.29. The number of ketones is 1. The number of benzene rings is 1. The highest BCUT2D eigenvalue weighted by atomic mass is 35.5. The molecule has 1 aromatic rings. The van der Waals surface area contributed by atoms with Crippen molar-refractivity contribution in [2.75, 3.05) is 26.3 Å². The Morgan fingerprint density at radius 2 is 2.00 bits per heavy atom. The smallest absolute Gasteiger partial charge is 0.263 e. The number of carbonyl (C=O) groups excluding carboxylic acids is 2. The first-order valence-electron chi connectivity index (χ1n) is 6.82. The number of halogens is 1. The quantitative estimate of drug-likeness (QED) is 0.800. The van der Waals surface area contributed by atoms with Gasteiger partial charge in [-0.25, -0.2) is 0 Å². The molecule has 1 atom stereocenters. The van der Waals surface area contributed by atoms with Crippen molar-refractivity contribution in [2.24, 2.45) is 0 Å². The summed E-state index contributed by atoms with van der Waals surface area (Å²) >= 11 is 6.09. The third-order valence-electron chi connectivity index (χ3n) is 3.31. The molecule has 0 bridgehead atoms. The third-order valence-corrected chi connectivity index (χ3v) is 3.61. The Morgan fingerprint density at radius 1 is 1.33 bits per heavy atom. The van der Waals surface area contributed by atoms with E-state index in [1.165, 1.54) is 6.92 Å². The van der Waals surface area contributed by atoms with Crippen LogP contribution >= 0.6 is 11.6 Å². The van der Waals surface area contributed by atoms with Gasteiger partial charge in [-0.1, -0.05) is 11.6 Å². The van der Waals surface area contributed by atoms with Crippen molar-refractivity contribution in [1.29, 1.82) is 0 Å². The minimum absolute atomic E-state index is 0.0686. The van der Waals surface area contributed by atoms with Crippen LogP contribution in [0.15, 0.2) is 18.2 Å². The Balaban J connectivity index is 2.03. The molecule has 0 aliphatic carbocycles. The number of hydrogen-bond donors (Lipinski definition) is 0. The number of Topliss-reactive ketones (excluding diaryl/α,β-unsaturated/α-hetero) is 1. The molecule has 0 aromatic heterocycles. The van der Waals surface area contributed by atoms with E-state index in [1.54, 1.807) is 30.0 Å². The number of amides is 1. The van der Waals surface area contributed by atoms with Gasteiger partial charge < -0.3 is 14.4 Å². The summed E-state index contributed by atoms with van der Waals surface area (Å²) in [5, 5.41) is 0.323. The summed E-state index contributed by atoms with van der Waals surface area (Å²) < 4.78 is 10.8. The van der Waals surface area contributed by atoms with Crippen molar-refractivity contribution in [3.63, 3.8) is 0 Å². The average molecular weight is 312 g/mol. The molecule has 0 radical (unpaired) electrons. The van der Waals surface area contributed by atoms with Crippen molar-refractivity contribution >= 4 is 23.3 Å². The maximum atomic E-state index is 12.2. The summed E-state index contributed by atoms with van der Waals surface area (Å²) in [6.07, 6.45) is -0.635. The monoisotopic (exact) mass is 311 g/mol. The molecule has 0 spiro atoms. The van der Waals surface area contributed by atoms with Gasteiger partial charge >= 0.3 is 0 Å². The lowest BCUT2D eigenvalue weighted by molar-refractivity contribution is -0.142. The lowest BCUT2D eigenvalue weighted by Crippen LogP contribution is -2.46. The highest BCUT2D eigenvalue weighted by molar-refractivity contribution is 6.32. The van der Waals surface area contributed by atoms with Gasteiger partial charge in [-0.05, 0) is 32.0 Å². The van der Waals surface area contributed by atoms with Crippen LogP contribution in [0, 0.1) is 0 Å². The second kappa shape index (κ2) is 6.91. The third kappa shape index (κ3) is 3.95. The summed E-state index contributed by atoms with van der Waals surface area (Å²) in [4.78, 5) is 25.2. The van der Waals surface area contributed by atoms with E-state index in [1.807, 2.05) is 0 Å². The van der Waals surface area contributed by atoms with E-state index in [-0.39, 0.29) is 11.7 Å². The van der Waals surface area contributed by atoms with Gasteiger partial charge in [0.1, 0.15) is 5.75 Å². The van der Waals surface area contributed by atoms with E-state index < -0.39 is 6.10 Å². The first kappa shape index (κ1) is 15.8. The SMILES string of the molecule is CC(=O)c1ccc(OC(C)C(=O)N2CCOCC2)c(Cl)c1. The molecule has 0 saturated carbocycles. The summed E-state index contributed by atoms with van der Waals surface area (Å²) in [6, 6.07) is 4.79. The van der Waals surface area contributed by atoms with E-state index in [9.17, 15) is 9.59 Å². The van der Waals surface area contributed by atoms with Gasteiger partial charge in [0.15, 0.2) is 11.9 Å². The second-order valence-corrected chi connectivity index (χ2v) is 5.31. The Bertz CT molecular complexity index is 540. The van der Waals surface area contributed by atoms with Gasteiger partial charge in [0.2, 0.25) is 0 Å². The molecule has 6 heteroatoms. The highest BCUT2D eigenvalue weighted by Gasteiger charge is 2.24. The molecular formula is C15H18ClNO4. The zero-order valence-corrected chi connectivity index (χ0v) is 12.9. The van der Waals surface area contributed by atoms with Crippen LogP contribution in [0.5, 0.6) is 5.75 Å². The molecule has 1 aliphatic rings. The molecule has 1 amide bonds. The summed E-state index contributed by atoms with van der Waals surface area (Å²) in [5.74, 6) is 0.238. The topological polar surface area (TPSA) is 55.8 Å². The van der Waals surface area contributed by atoms with Crippen LogP contribution in [0.1, 0.15) is 24.2 Å². The fourth-order valence-electron chi connectivity index (χ4n) is 2.10. The largest absolute Gasteiger partial charge is 0.479 e. The first-order valence-corrected chi connectivity index (χ1v) is 7.20. The van der Waals surface area contributed by atoms with Crippen LogP contribution in [0.3, 0.4) is 0 Å². The number of rotatable bonds is 4. The molecule has 0 N–H and O–H groups in total. The maximum absolute atomic E-state index is 12.2. The molecule has 1 saturated heterocycles. The van der Waals surface area contributed by atoms with Gasteiger partial charge in [-0.15, -0.1) is 0 Å². The molecule has 114 valence electrons. The second-order valence-electron chi connectivity index (χ2n) is 4.90. The number of nitrogens with zero attached hydrogens (tertiary/aromatic N) is 1. The molecule has 1 fully saturated rings. The molecule has 21 heavy (non-hydrogen) atoms. The van der Waals surface area contributed by atoms with Crippen LogP contribution < -0.4 is 4.74 Å². The zero-order valence-electron chi connectivity index (χ0n) is 12.1. The molecule has 1 aliphatic heterocycles. The minimum atomic E-state index is -0.635. The average Bonchev–Trinajstić information content (AvgIpc) is 2.49. The van der Waals surface area contributed by atoms with E-state index in [0.717, 1.165) is 0 Å². The van der Waals surface area contributed by atoms with Crippen molar-refractivity contribution < 1.29 is 19.1 Å². The molecular weight excluding hydrogens is 294 g/mol. The van der Waals surface area contributed by atoms with Gasteiger partial charge in [0, 0.05) is 18.7 Å². The Hall–Kier alpha value is -1.59.